The van der Waals surface area contributed by atoms with Crippen LogP contribution in [0.25, 0.3) is 0 Å². The summed E-state index contributed by atoms with van der Waals surface area (Å²) in [5.74, 6) is 0.548. The second-order valence-electron chi connectivity index (χ2n) is 4.93. The topological polar surface area (TPSA) is 38.3 Å². The van der Waals surface area contributed by atoms with Crippen LogP contribution in [0.5, 0.6) is 0 Å². The highest BCUT2D eigenvalue weighted by Gasteiger charge is 2.29. The zero-order valence-electron chi connectivity index (χ0n) is 11.2. The first kappa shape index (κ1) is 14.5. The normalized spacial score (nSPS) is 21.8. The molecule has 1 aromatic rings. The molecule has 0 unspecified atom stereocenters. The molecule has 2 rings (SSSR count). The summed E-state index contributed by atoms with van der Waals surface area (Å²) >= 11 is 3.45. The molecule has 0 spiro atoms. The third-order valence-corrected chi connectivity index (χ3v) is 4.08. The molecule has 1 aliphatic carbocycles. The van der Waals surface area contributed by atoms with E-state index in [1.807, 2.05) is 6.92 Å². The number of ether oxygens (including phenoxy) is 1. The molecule has 1 fully saturated rings. The molecular formula is C15H20BrNO2. The van der Waals surface area contributed by atoms with E-state index in [9.17, 15) is 4.79 Å². The van der Waals surface area contributed by atoms with Gasteiger partial charge in [-0.15, -0.1) is 0 Å². The molecule has 0 bridgehead atoms. The fourth-order valence-corrected chi connectivity index (χ4v) is 2.67. The van der Waals surface area contributed by atoms with E-state index >= 15 is 0 Å². The quantitative estimate of drug-likeness (QED) is 0.816. The Labute approximate surface area is 122 Å². The van der Waals surface area contributed by atoms with Gasteiger partial charge in [-0.1, -0.05) is 28.1 Å². The van der Waals surface area contributed by atoms with Crippen LogP contribution in [0.15, 0.2) is 28.7 Å². The van der Waals surface area contributed by atoms with Crippen molar-refractivity contribution in [3.05, 3.63) is 34.3 Å². The first-order valence-corrected chi connectivity index (χ1v) is 7.62. The number of nitrogens with one attached hydrogen (secondary N) is 1. The van der Waals surface area contributed by atoms with E-state index in [0.29, 0.717) is 25.0 Å². The van der Waals surface area contributed by atoms with Gasteiger partial charge in [-0.25, -0.2) is 0 Å². The lowest BCUT2D eigenvalue weighted by Crippen LogP contribution is -2.41. The Morgan fingerprint density at radius 2 is 2.05 bits per heavy atom. The fourth-order valence-electron chi connectivity index (χ4n) is 2.40. The van der Waals surface area contributed by atoms with E-state index in [0.717, 1.165) is 23.9 Å². The van der Waals surface area contributed by atoms with E-state index in [1.54, 1.807) is 0 Å². The van der Waals surface area contributed by atoms with Crippen LogP contribution in [-0.4, -0.2) is 25.2 Å². The third kappa shape index (κ3) is 4.32. The van der Waals surface area contributed by atoms with Crippen LogP contribution >= 0.6 is 15.9 Å². The number of halogens is 1. The van der Waals surface area contributed by atoms with Crippen molar-refractivity contribution in [2.24, 2.45) is 0 Å². The van der Waals surface area contributed by atoms with E-state index in [-0.39, 0.29) is 5.97 Å². The molecule has 0 aromatic heterocycles. The van der Waals surface area contributed by atoms with Gasteiger partial charge in [-0.3, -0.25) is 4.79 Å². The summed E-state index contributed by atoms with van der Waals surface area (Å²) in [5.41, 5.74) is 1.41. The molecular weight excluding hydrogens is 306 g/mol. The van der Waals surface area contributed by atoms with Gasteiger partial charge in [0.15, 0.2) is 0 Å². The maximum Gasteiger partial charge on any atom is 0.307 e. The number of carbonyl (C=O) groups excluding carboxylic acids is 1. The molecule has 0 atom stereocenters. The molecule has 0 heterocycles. The molecule has 19 heavy (non-hydrogen) atoms. The van der Waals surface area contributed by atoms with Crippen LogP contribution in [0.1, 0.15) is 37.7 Å². The molecule has 0 aliphatic heterocycles. The van der Waals surface area contributed by atoms with Crippen molar-refractivity contribution in [1.82, 2.24) is 5.32 Å². The van der Waals surface area contributed by atoms with Crippen molar-refractivity contribution in [1.29, 1.82) is 0 Å². The lowest BCUT2D eigenvalue weighted by Gasteiger charge is -2.36. The van der Waals surface area contributed by atoms with Gasteiger partial charge >= 0.3 is 5.97 Å². The predicted molar refractivity (Wildman–Crippen MR) is 79.2 cm³/mol. The molecule has 104 valence electrons. The second kappa shape index (κ2) is 7.06. The maximum atomic E-state index is 11.2. The first-order valence-electron chi connectivity index (χ1n) is 6.83. The third-order valence-electron chi connectivity index (χ3n) is 3.55. The predicted octanol–water partition coefficient (Wildman–Crippen LogP) is 3.24. The molecule has 1 saturated carbocycles. The molecule has 4 heteroatoms. The fraction of sp³-hybridized carbons (Fsp3) is 0.533. The molecule has 1 aromatic carbocycles. The molecule has 1 N–H and O–H groups in total. The lowest BCUT2D eigenvalue weighted by atomic mass is 9.76. The minimum Gasteiger partial charge on any atom is -0.466 e. The van der Waals surface area contributed by atoms with Crippen molar-refractivity contribution >= 4 is 21.9 Å². The van der Waals surface area contributed by atoms with Crippen LogP contribution < -0.4 is 5.32 Å². The highest BCUT2D eigenvalue weighted by molar-refractivity contribution is 9.10. The van der Waals surface area contributed by atoms with Crippen molar-refractivity contribution in [2.45, 2.75) is 38.1 Å². The smallest absolute Gasteiger partial charge is 0.307 e. The number of hydrogen-bond acceptors (Lipinski definition) is 3. The average Bonchev–Trinajstić information content (AvgIpc) is 2.34. The Balaban J connectivity index is 1.64. The number of benzene rings is 1. The number of esters is 1. The van der Waals surface area contributed by atoms with Gasteiger partial charge in [0.1, 0.15) is 0 Å². The van der Waals surface area contributed by atoms with E-state index in [4.69, 9.17) is 4.74 Å². The number of rotatable bonds is 6. The monoisotopic (exact) mass is 325 g/mol. The Kier molecular flexibility index (Phi) is 5.40. The van der Waals surface area contributed by atoms with Crippen LogP contribution in [0, 0.1) is 0 Å². The zero-order valence-corrected chi connectivity index (χ0v) is 12.8. The number of hydrogen-bond donors (Lipinski definition) is 1. The van der Waals surface area contributed by atoms with Crippen molar-refractivity contribution < 1.29 is 9.53 Å². The summed E-state index contributed by atoms with van der Waals surface area (Å²) in [7, 11) is 0. The SMILES string of the molecule is CCOC(=O)CCNC1CC(c2ccc(Br)cc2)C1. The highest BCUT2D eigenvalue weighted by atomic mass is 79.9. The van der Waals surface area contributed by atoms with Gasteiger partial charge in [0.25, 0.3) is 0 Å². The van der Waals surface area contributed by atoms with Crippen LogP contribution in [0.3, 0.4) is 0 Å². The Bertz CT molecular complexity index is 413. The van der Waals surface area contributed by atoms with E-state index in [1.165, 1.54) is 5.56 Å². The number of carbonyl (C=O) groups is 1. The summed E-state index contributed by atoms with van der Waals surface area (Å²) < 4.78 is 6.02. The van der Waals surface area contributed by atoms with Crippen LogP contribution in [0.4, 0.5) is 0 Å². The average molecular weight is 326 g/mol. The Hall–Kier alpha value is -0.870. The first-order chi connectivity index (χ1) is 9.19. The van der Waals surface area contributed by atoms with Crippen molar-refractivity contribution in [3.8, 4) is 0 Å². The standard InChI is InChI=1S/C15H20BrNO2/c1-2-19-15(18)7-8-17-14-9-12(10-14)11-3-5-13(16)6-4-11/h3-6,12,14,17H,2,7-10H2,1H3. The molecule has 1 aliphatic rings. The lowest BCUT2D eigenvalue weighted by molar-refractivity contribution is -0.143. The van der Waals surface area contributed by atoms with Gasteiger partial charge < -0.3 is 10.1 Å². The van der Waals surface area contributed by atoms with Crippen LogP contribution in [-0.2, 0) is 9.53 Å². The highest BCUT2D eigenvalue weighted by Crippen LogP contribution is 2.37. The molecule has 3 nitrogen and oxygen atoms in total. The van der Waals surface area contributed by atoms with E-state index < -0.39 is 0 Å². The molecule has 0 radical (unpaired) electrons. The van der Waals surface area contributed by atoms with E-state index in [2.05, 4.69) is 45.5 Å². The Morgan fingerprint density at radius 3 is 2.68 bits per heavy atom. The van der Waals surface area contributed by atoms with Crippen molar-refractivity contribution in [2.75, 3.05) is 13.2 Å². The molecule has 0 saturated heterocycles. The van der Waals surface area contributed by atoms with Gasteiger partial charge in [0, 0.05) is 17.1 Å². The summed E-state index contributed by atoms with van der Waals surface area (Å²) in [5, 5.41) is 3.41. The minimum absolute atomic E-state index is 0.112. The summed E-state index contributed by atoms with van der Waals surface area (Å²) in [6.45, 7) is 3.02. The summed E-state index contributed by atoms with van der Waals surface area (Å²) in [6, 6.07) is 9.10. The largest absolute Gasteiger partial charge is 0.466 e. The van der Waals surface area contributed by atoms with Gasteiger partial charge in [0.2, 0.25) is 0 Å². The van der Waals surface area contributed by atoms with Crippen LogP contribution in [0.2, 0.25) is 0 Å². The second-order valence-corrected chi connectivity index (χ2v) is 5.84. The van der Waals surface area contributed by atoms with Crippen molar-refractivity contribution in [3.63, 3.8) is 0 Å². The summed E-state index contributed by atoms with van der Waals surface area (Å²) in [4.78, 5) is 11.2. The molecule has 0 amide bonds. The maximum absolute atomic E-state index is 11.2. The van der Waals surface area contributed by atoms with Gasteiger partial charge in [-0.05, 0) is 43.4 Å². The zero-order chi connectivity index (χ0) is 13.7. The van der Waals surface area contributed by atoms with Gasteiger partial charge in [-0.2, -0.15) is 0 Å². The van der Waals surface area contributed by atoms with Gasteiger partial charge in [0.05, 0.1) is 13.0 Å². The minimum atomic E-state index is -0.112. The summed E-state index contributed by atoms with van der Waals surface area (Å²) in [6.07, 6.45) is 2.78. The Morgan fingerprint density at radius 1 is 1.37 bits per heavy atom.